The van der Waals surface area contributed by atoms with Gasteiger partial charge in [-0.1, -0.05) is 146 Å². The zero-order chi connectivity index (χ0) is 38.8. The van der Waals surface area contributed by atoms with E-state index >= 15 is 0 Å². The highest BCUT2D eigenvalue weighted by atomic mass is 15.4. The number of aliphatic imine (C=N–C) groups is 1. The number of nitrogens with one attached hydrogen (secondary N) is 2. The van der Waals surface area contributed by atoms with Gasteiger partial charge in [-0.05, 0) is 64.0 Å². The van der Waals surface area contributed by atoms with Crippen LogP contribution in [0.4, 0.5) is 0 Å². The molecule has 0 saturated heterocycles. The number of para-hydroxylation sites is 2. The van der Waals surface area contributed by atoms with Crippen LogP contribution in [0.3, 0.4) is 0 Å². The lowest BCUT2D eigenvalue weighted by atomic mass is 9.97. The summed E-state index contributed by atoms with van der Waals surface area (Å²) in [6.07, 6.45) is -0.0744. The van der Waals surface area contributed by atoms with Gasteiger partial charge in [0, 0.05) is 54.7 Å². The molecule has 0 bridgehead atoms. The van der Waals surface area contributed by atoms with E-state index in [0.717, 1.165) is 17.1 Å². The van der Waals surface area contributed by atoms with Gasteiger partial charge in [-0.2, -0.15) is 0 Å². The highest BCUT2D eigenvalue weighted by Crippen LogP contribution is 2.48. The second-order valence-electron chi connectivity index (χ2n) is 16.2. The molecule has 3 atom stereocenters. The molecular weight excluding hydrogens is 719 g/mol. The fraction of sp³-hybridized carbons (Fsp3) is 0.0556. The molecule has 3 aromatic heterocycles. The first kappa shape index (κ1) is 32.6. The molecule has 3 unspecified atom stereocenters. The molecule has 5 nitrogen and oxygen atoms in total. The first-order chi connectivity index (χ1) is 29.2. The van der Waals surface area contributed by atoms with Crippen LogP contribution in [-0.2, 0) is 0 Å². The molecule has 9 aromatic carbocycles. The summed E-state index contributed by atoms with van der Waals surface area (Å²) >= 11 is 0. The monoisotopic (exact) mass is 756 g/mol. The SMILES string of the molecule is C[NH+]1C(c2ccc(-n3c4ccccc4c4c5ccccc5c5c6cccc7c8cc9ccccc9cc8n(c76)c5c43)cc2)N=C(c2ccccc2)NC1c1ccccc1. The number of hydrogen-bond acceptors (Lipinski definition) is 2. The first-order valence-electron chi connectivity index (χ1n) is 20.5. The van der Waals surface area contributed by atoms with Crippen LogP contribution in [-0.4, -0.2) is 21.9 Å². The highest BCUT2D eigenvalue weighted by molar-refractivity contribution is 6.39. The van der Waals surface area contributed by atoms with Crippen molar-refractivity contribution in [2.75, 3.05) is 7.05 Å². The minimum absolute atomic E-state index is 0.0359. The molecule has 2 N–H and O–H groups in total. The van der Waals surface area contributed by atoms with E-state index in [-0.39, 0.29) is 12.3 Å². The van der Waals surface area contributed by atoms with Gasteiger partial charge in [0.05, 0.1) is 34.6 Å². The van der Waals surface area contributed by atoms with Gasteiger partial charge in [0.1, 0.15) is 5.84 Å². The molecule has 0 fully saturated rings. The summed E-state index contributed by atoms with van der Waals surface area (Å²) in [6, 6.07) is 68.9. The van der Waals surface area contributed by atoms with Crippen molar-refractivity contribution in [3.05, 3.63) is 205 Å². The lowest BCUT2D eigenvalue weighted by Gasteiger charge is -2.36. The van der Waals surface area contributed by atoms with Crippen LogP contribution >= 0.6 is 0 Å². The number of fused-ring (bicyclic) bond motifs is 14. The summed E-state index contributed by atoms with van der Waals surface area (Å²) in [5, 5.41) is 16.6. The van der Waals surface area contributed by atoms with E-state index < -0.39 is 0 Å². The van der Waals surface area contributed by atoms with Gasteiger partial charge in [-0.25, -0.2) is 4.99 Å². The molecule has 0 radical (unpaired) electrons. The van der Waals surface area contributed by atoms with Crippen LogP contribution in [0.15, 0.2) is 193 Å². The average molecular weight is 757 g/mol. The fourth-order valence-corrected chi connectivity index (χ4v) is 10.4. The number of aromatic nitrogens is 2. The third-order valence-corrected chi connectivity index (χ3v) is 13.0. The van der Waals surface area contributed by atoms with Crippen LogP contribution in [0, 0.1) is 0 Å². The molecule has 0 amide bonds. The number of amidine groups is 1. The van der Waals surface area contributed by atoms with E-state index in [4.69, 9.17) is 4.99 Å². The largest absolute Gasteiger partial charge is 0.317 e. The summed E-state index contributed by atoms with van der Waals surface area (Å²) in [5.74, 6) is 0.918. The van der Waals surface area contributed by atoms with Crippen molar-refractivity contribution < 1.29 is 4.90 Å². The van der Waals surface area contributed by atoms with E-state index in [9.17, 15) is 0 Å². The molecule has 13 rings (SSSR count). The smallest absolute Gasteiger partial charge is 0.211 e. The number of benzene rings is 9. The fourth-order valence-electron chi connectivity index (χ4n) is 10.4. The Kier molecular flexibility index (Phi) is 6.78. The quantitative estimate of drug-likeness (QED) is 0.184. The first-order valence-corrected chi connectivity index (χ1v) is 20.5. The van der Waals surface area contributed by atoms with E-state index in [1.807, 2.05) is 0 Å². The molecule has 0 aliphatic carbocycles. The zero-order valence-electron chi connectivity index (χ0n) is 32.4. The van der Waals surface area contributed by atoms with Crippen LogP contribution in [0.1, 0.15) is 29.0 Å². The van der Waals surface area contributed by atoms with Crippen LogP contribution in [0.5, 0.6) is 0 Å². The summed E-state index contributed by atoms with van der Waals surface area (Å²) in [6.45, 7) is 0. The third kappa shape index (κ3) is 4.56. The van der Waals surface area contributed by atoms with E-state index in [1.165, 1.54) is 97.5 Å². The van der Waals surface area contributed by atoms with Crippen molar-refractivity contribution in [3.63, 3.8) is 0 Å². The van der Waals surface area contributed by atoms with Crippen LogP contribution < -0.4 is 10.2 Å². The highest BCUT2D eigenvalue weighted by Gasteiger charge is 2.35. The Balaban J connectivity index is 1.09. The maximum atomic E-state index is 5.40. The molecular formula is C54H38N5+. The third-order valence-electron chi connectivity index (χ3n) is 13.0. The van der Waals surface area contributed by atoms with Crippen LogP contribution in [0.25, 0.3) is 87.1 Å². The van der Waals surface area contributed by atoms with Crippen molar-refractivity contribution in [1.29, 1.82) is 0 Å². The van der Waals surface area contributed by atoms with Gasteiger partial charge in [-0.15, -0.1) is 0 Å². The molecule has 278 valence electrons. The Hall–Kier alpha value is -7.47. The van der Waals surface area contributed by atoms with Gasteiger partial charge in [0.15, 0.2) is 6.17 Å². The standard InChI is InChI=1S/C54H37N5/c1-57-53(34-17-6-3-7-18-34)55-52(33-15-4-2-5-16-33)56-54(57)35-27-29-38(30-28-35)58-45-26-13-12-23-42(45)47-39-21-10-11-22-40(39)48-43-25-14-24-41-44-31-36-19-8-9-20-37(36)32-46(44)59(49(41)43)51(48)50(47)58/h2-32,53-54H,1H3,(H,55,56)/p+1. The molecule has 59 heavy (non-hydrogen) atoms. The summed E-state index contributed by atoms with van der Waals surface area (Å²) in [7, 11) is 2.25. The zero-order valence-corrected chi connectivity index (χ0v) is 32.4. The molecule has 5 heteroatoms. The topological polar surface area (TPSA) is 38.2 Å². The lowest BCUT2D eigenvalue weighted by Crippen LogP contribution is -3.12. The van der Waals surface area contributed by atoms with Crippen molar-refractivity contribution in [2.45, 2.75) is 12.3 Å². The van der Waals surface area contributed by atoms with Crippen LogP contribution in [0.2, 0.25) is 0 Å². The molecule has 0 saturated carbocycles. The number of quaternary nitrogens is 1. The molecule has 4 heterocycles. The second kappa shape index (κ2) is 12.3. The molecule has 12 aromatic rings. The molecule has 0 spiro atoms. The van der Waals surface area contributed by atoms with Gasteiger partial charge >= 0.3 is 0 Å². The van der Waals surface area contributed by atoms with Gasteiger partial charge in [0.25, 0.3) is 0 Å². The van der Waals surface area contributed by atoms with Crippen molar-refractivity contribution in [3.8, 4) is 5.69 Å². The van der Waals surface area contributed by atoms with Crippen molar-refractivity contribution in [1.82, 2.24) is 14.3 Å². The Morgan fingerprint density at radius 1 is 0.475 bits per heavy atom. The van der Waals surface area contributed by atoms with Gasteiger partial charge in [0.2, 0.25) is 6.17 Å². The summed E-state index contributed by atoms with van der Waals surface area (Å²) in [4.78, 5) is 6.68. The van der Waals surface area contributed by atoms with Gasteiger partial charge < -0.3 is 14.3 Å². The van der Waals surface area contributed by atoms with Gasteiger partial charge in [-0.3, -0.25) is 4.90 Å². The number of hydrogen-bond donors (Lipinski definition) is 2. The van der Waals surface area contributed by atoms with E-state index in [2.05, 4.69) is 209 Å². The Bertz CT molecular complexity index is 3650. The predicted molar refractivity (Wildman–Crippen MR) is 245 cm³/mol. The van der Waals surface area contributed by atoms with Crippen molar-refractivity contribution >= 4 is 87.3 Å². The second-order valence-corrected chi connectivity index (χ2v) is 16.2. The molecule has 1 aliphatic heterocycles. The van der Waals surface area contributed by atoms with Crippen molar-refractivity contribution in [2.24, 2.45) is 4.99 Å². The Morgan fingerprint density at radius 3 is 1.85 bits per heavy atom. The summed E-state index contributed by atoms with van der Waals surface area (Å²) < 4.78 is 5.10. The minimum atomic E-state index is -0.110. The normalized spacial score (nSPS) is 17.3. The van der Waals surface area contributed by atoms with E-state index in [0.29, 0.717) is 0 Å². The minimum Gasteiger partial charge on any atom is -0.317 e. The Morgan fingerprint density at radius 2 is 1.08 bits per heavy atom. The molecule has 1 aliphatic rings. The predicted octanol–water partition coefficient (Wildman–Crippen LogP) is 11.5. The van der Waals surface area contributed by atoms with E-state index in [1.54, 1.807) is 0 Å². The number of rotatable bonds is 4. The maximum Gasteiger partial charge on any atom is 0.211 e. The summed E-state index contributed by atoms with van der Waals surface area (Å²) in [5.41, 5.74) is 10.8. The number of nitrogens with zero attached hydrogens (tertiary/aromatic N) is 3. The lowest BCUT2D eigenvalue weighted by molar-refractivity contribution is -0.947. The Labute approximate surface area is 340 Å². The average Bonchev–Trinajstić information content (AvgIpc) is 3.95. The maximum absolute atomic E-state index is 5.40.